The van der Waals surface area contributed by atoms with Crippen LogP contribution in [0.4, 0.5) is 0 Å². The molecule has 7 heteroatoms. The molecule has 6 nitrogen and oxygen atoms in total. The summed E-state index contributed by atoms with van der Waals surface area (Å²) in [6.07, 6.45) is 2.16. The normalized spacial score (nSPS) is 22.0. The number of carbonyl (C=O) groups is 1. The molecule has 1 aromatic rings. The van der Waals surface area contributed by atoms with Gasteiger partial charge in [-0.3, -0.25) is 9.78 Å². The summed E-state index contributed by atoms with van der Waals surface area (Å²) in [5.74, 6) is -0.716. The van der Waals surface area contributed by atoms with Gasteiger partial charge in [-0.05, 0) is 45.9 Å². The maximum Gasteiger partial charge on any atom is 0.310 e. The van der Waals surface area contributed by atoms with E-state index in [0.29, 0.717) is 25.3 Å². The lowest BCUT2D eigenvalue weighted by Gasteiger charge is -2.21. The molecule has 122 valence electrons. The first-order valence-corrected chi connectivity index (χ1v) is 9.03. The maximum absolute atomic E-state index is 12.5. The third kappa shape index (κ3) is 3.15. The molecular weight excluding hydrogens is 304 g/mol. The number of hydrogen-bond donors (Lipinski definition) is 1. The summed E-state index contributed by atoms with van der Waals surface area (Å²) in [6.45, 7) is 5.96. The summed E-state index contributed by atoms with van der Waals surface area (Å²) in [6, 6.07) is 2.73. The van der Waals surface area contributed by atoms with Crippen LogP contribution in [0.15, 0.2) is 23.2 Å². The fourth-order valence-corrected chi connectivity index (χ4v) is 3.87. The Kier molecular flexibility index (Phi) is 5.18. The van der Waals surface area contributed by atoms with Crippen molar-refractivity contribution < 1.29 is 17.9 Å². The zero-order valence-electron chi connectivity index (χ0n) is 13.1. The van der Waals surface area contributed by atoms with E-state index in [1.54, 1.807) is 39.1 Å². The molecule has 1 aliphatic heterocycles. The molecule has 0 radical (unpaired) electrons. The molecule has 0 aromatic carbocycles. The molecule has 0 unspecified atom stereocenters. The van der Waals surface area contributed by atoms with Crippen molar-refractivity contribution >= 4 is 15.8 Å². The van der Waals surface area contributed by atoms with Crippen LogP contribution in [-0.2, 0) is 19.4 Å². The van der Waals surface area contributed by atoms with Gasteiger partial charge in [0.05, 0.1) is 34.4 Å². The van der Waals surface area contributed by atoms with Gasteiger partial charge < -0.3 is 10.1 Å². The molecule has 2 atom stereocenters. The number of sulfone groups is 1. The van der Waals surface area contributed by atoms with Gasteiger partial charge in [0, 0.05) is 6.20 Å². The Morgan fingerprint density at radius 2 is 2.23 bits per heavy atom. The number of hydrogen-bond acceptors (Lipinski definition) is 6. The molecule has 1 saturated heterocycles. The molecule has 0 aliphatic carbocycles. The van der Waals surface area contributed by atoms with E-state index in [9.17, 15) is 13.2 Å². The fourth-order valence-electron chi connectivity index (χ4n) is 2.62. The van der Waals surface area contributed by atoms with Crippen molar-refractivity contribution in [2.75, 3.05) is 13.2 Å². The van der Waals surface area contributed by atoms with Crippen molar-refractivity contribution in [1.82, 2.24) is 10.3 Å². The Balaban J connectivity index is 2.43. The molecule has 0 saturated carbocycles. The molecule has 22 heavy (non-hydrogen) atoms. The van der Waals surface area contributed by atoms with E-state index >= 15 is 0 Å². The Morgan fingerprint density at radius 1 is 1.50 bits per heavy atom. The van der Waals surface area contributed by atoms with Crippen molar-refractivity contribution in [3.8, 4) is 0 Å². The second-order valence-electron chi connectivity index (χ2n) is 5.56. The van der Waals surface area contributed by atoms with E-state index in [1.165, 1.54) is 0 Å². The topological polar surface area (TPSA) is 85.4 Å². The van der Waals surface area contributed by atoms with Crippen LogP contribution in [0.25, 0.3) is 0 Å². The molecule has 1 N–H and O–H groups in total. The highest BCUT2D eigenvalue weighted by Gasteiger charge is 2.39. The first kappa shape index (κ1) is 16.9. The smallest absolute Gasteiger partial charge is 0.310 e. The predicted octanol–water partition coefficient (Wildman–Crippen LogP) is 1.48. The van der Waals surface area contributed by atoms with Crippen LogP contribution in [-0.4, -0.2) is 37.8 Å². The first-order chi connectivity index (χ1) is 10.4. The minimum absolute atomic E-state index is 0.193. The molecule has 0 bridgehead atoms. The van der Waals surface area contributed by atoms with Crippen molar-refractivity contribution in [2.24, 2.45) is 5.92 Å². The van der Waals surface area contributed by atoms with E-state index in [2.05, 4.69) is 10.3 Å². The lowest BCUT2D eigenvalue weighted by molar-refractivity contribution is -0.148. The van der Waals surface area contributed by atoms with E-state index < -0.39 is 27.0 Å². The quantitative estimate of drug-likeness (QED) is 0.825. The minimum atomic E-state index is -3.46. The lowest BCUT2D eigenvalue weighted by Crippen LogP contribution is -2.28. The number of pyridine rings is 1. The number of ether oxygens (including phenoxy) is 1. The van der Waals surface area contributed by atoms with Crippen molar-refractivity contribution in [3.05, 3.63) is 24.0 Å². The summed E-state index contributed by atoms with van der Waals surface area (Å²) in [5.41, 5.74) is 0.409. The van der Waals surface area contributed by atoms with Gasteiger partial charge in [-0.1, -0.05) is 0 Å². The summed E-state index contributed by atoms with van der Waals surface area (Å²) in [4.78, 5) is 16.5. The van der Waals surface area contributed by atoms with Crippen LogP contribution in [0.2, 0.25) is 0 Å². The second-order valence-corrected chi connectivity index (χ2v) is 8.03. The summed E-state index contributed by atoms with van der Waals surface area (Å²) >= 11 is 0. The number of aromatic nitrogens is 1. The van der Waals surface area contributed by atoms with Crippen molar-refractivity contribution in [2.45, 2.75) is 43.4 Å². The van der Waals surface area contributed by atoms with E-state index in [0.717, 1.165) is 0 Å². The van der Waals surface area contributed by atoms with Crippen LogP contribution < -0.4 is 5.32 Å². The molecule has 1 fully saturated rings. The SMILES string of the molecule is CCOC(=O)[C@H]1CCN[C@@H]1c1ncccc1S(=O)(=O)C(C)C. The van der Waals surface area contributed by atoms with Crippen LogP contribution >= 0.6 is 0 Å². The van der Waals surface area contributed by atoms with E-state index in [-0.39, 0.29) is 10.9 Å². The van der Waals surface area contributed by atoms with E-state index in [4.69, 9.17) is 4.74 Å². The van der Waals surface area contributed by atoms with Gasteiger partial charge in [-0.25, -0.2) is 8.42 Å². The van der Waals surface area contributed by atoms with Crippen LogP contribution in [0.1, 0.15) is 38.9 Å². The van der Waals surface area contributed by atoms with Crippen LogP contribution in [0, 0.1) is 5.92 Å². The average molecular weight is 326 g/mol. The largest absolute Gasteiger partial charge is 0.466 e. The molecule has 0 amide bonds. The van der Waals surface area contributed by atoms with E-state index in [1.807, 2.05) is 0 Å². The Morgan fingerprint density at radius 3 is 2.86 bits per heavy atom. The van der Waals surface area contributed by atoms with Crippen molar-refractivity contribution in [3.63, 3.8) is 0 Å². The maximum atomic E-state index is 12.5. The number of nitrogens with zero attached hydrogens (tertiary/aromatic N) is 1. The highest BCUT2D eigenvalue weighted by Crippen LogP contribution is 2.33. The van der Waals surface area contributed by atoms with Crippen molar-refractivity contribution in [1.29, 1.82) is 0 Å². The summed E-state index contributed by atoms with van der Waals surface area (Å²) < 4.78 is 30.1. The zero-order chi connectivity index (χ0) is 16.3. The molecular formula is C15H22N2O4S. The van der Waals surface area contributed by atoms with Gasteiger partial charge in [0.1, 0.15) is 0 Å². The molecule has 2 heterocycles. The highest BCUT2D eigenvalue weighted by atomic mass is 32.2. The van der Waals surface area contributed by atoms with Gasteiger partial charge in [-0.2, -0.15) is 0 Å². The van der Waals surface area contributed by atoms with Crippen LogP contribution in [0.5, 0.6) is 0 Å². The molecule has 0 spiro atoms. The van der Waals surface area contributed by atoms with Crippen LogP contribution in [0.3, 0.4) is 0 Å². The molecule has 1 aromatic heterocycles. The monoisotopic (exact) mass is 326 g/mol. The van der Waals surface area contributed by atoms with Gasteiger partial charge in [0.2, 0.25) is 0 Å². The molecule has 1 aliphatic rings. The minimum Gasteiger partial charge on any atom is -0.466 e. The number of carbonyl (C=O) groups excluding carboxylic acids is 1. The van der Waals surface area contributed by atoms with Gasteiger partial charge in [0.15, 0.2) is 9.84 Å². The number of esters is 1. The fraction of sp³-hybridized carbons (Fsp3) is 0.600. The average Bonchev–Trinajstić information content (AvgIpc) is 2.96. The summed E-state index contributed by atoms with van der Waals surface area (Å²) in [5, 5.41) is 2.64. The third-order valence-corrected chi connectivity index (χ3v) is 6.03. The summed E-state index contributed by atoms with van der Waals surface area (Å²) in [7, 11) is -3.46. The standard InChI is InChI=1S/C15H22N2O4S/c1-4-21-15(18)11-7-9-17-13(11)14-12(6-5-8-16-14)22(19,20)10(2)3/h5-6,8,10-11,13,17H,4,7,9H2,1-3H3/t11-,13-/m0/s1. The highest BCUT2D eigenvalue weighted by molar-refractivity contribution is 7.92. The third-order valence-electron chi connectivity index (χ3n) is 3.83. The Labute approximate surface area is 131 Å². The predicted molar refractivity (Wildman–Crippen MR) is 82.0 cm³/mol. The molecule has 2 rings (SSSR count). The lowest BCUT2D eigenvalue weighted by atomic mass is 9.98. The number of nitrogens with one attached hydrogen (secondary N) is 1. The first-order valence-electron chi connectivity index (χ1n) is 7.48. The Bertz CT molecular complexity index is 643. The van der Waals surface area contributed by atoms with Gasteiger partial charge >= 0.3 is 5.97 Å². The second kappa shape index (κ2) is 6.75. The van der Waals surface area contributed by atoms with Gasteiger partial charge in [-0.15, -0.1) is 0 Å². The zero-order valence-corrected chi connectivity index (χ0v) is 13.9. The number of rotatable bonds is 5. The van der Waals surface area contributed by atoms with Gasteiger partial charge in [0.25, 0.3) is 0 Å². The Hall–Kier alpha value is -1.47.